The number of carbonyl (C=O) groups excluding carboxylic acids is 2. The van der Waals surface area contributed by atoms with E-state index < -0.39 is 5.97 Å². The average molecular weight is 503 g/mol. The topological polar surface area (TPSA) is 77.0 Å². The molecule has 2 aromatic carbocycles. The average Bonchev–Trinajstić information content (AvgIpc) is 2.79. The number of carbonyl (C=O) groups is 2. The number of hydrazone groups is 1. The maximum Gasteiger partial charge on any atom is 0.343 e. The van der Waals surface area contributed by atoms with E-state index in [0.29, 0.717) is 29.0 Å². The minimum atomic E-state index is -0.483. The van der Waals surface area contributed by atoms with Crippen molar-refractivity contribution in [3.63, 3.8) is 0 Å². The van der Waals surface area contributed by atoms with Crippen molar-refractivity contribution in [1.82, 2.24) is 5.43 Å². The summed E-state index contributed by atoms with van der Waals surface area (Å²) in [6.45, 7) is 2.20. The van der Waals surface area contributed by atoms with Crippen LogP contribution in [0.25, 0.3) is 0 Å². The lowest BCUT2D eigenvalue weighted by atomic mass is 10.1. The third-order valence-corrected chi connectivity index (χ3v) is 5.35. The van der Waals surface area contributed by atoms with Gasteiger partial charge in [-0.25, -0.2) is 10.2 Å². The predicted octanol–water partition coefficient (Wildman–Crippen LogP) is 6.27. The Morgan fingerprint density at radius 3 is 2.47 bits per heavy atom. The minimum Gasteiger partial charge on any atom is -0.493 e. The number of benzene rings is 2. The molecule has 0 unspecified atom stereocenters. The Balaban J connectivity index is 1.82. The van der Waals surface area contributed by atoms with Crippen molar-refractivity contribution in [2.24, 2.45) is 5.10 Å². The standard InChI is InChI=1S/C25H31BrN2O4/c1-3-4-5-6-7-8-9-13-24(29)28-27-18-19-14-15-22(23(16-19)31-2)32-25(30)20-11-10-12-21(26)17-20/h10-12,14-18H,3-9,13H2,1-2H3,(H,28,29)/b27-18-. The predicted molar refractivity (Wildman–Crippen MR) is 130 cm³/mol. The molecule has 0 heterocycles. The maximum atomic E-state index is 12.4. The Morgan fingerprint density at radius 2 is 1.75 bits per heavy atom. The number of ether oxygens (including phenoxy) is 2. The highest BCUT2D eigenvalue weighted by atomic mass is 79.9. The first-order valence-electron chi connectivity index (χ1n) is 11.0. The molecule has 0 aliphatic rings. The lowest BCUT2D eigenvalue weighted by Gasteiger charge is -2.10. The molecule has 0 atom stereocenters. The van der Waals surface area contributed by atoms with E-state index >= 15 is 0 Å². The van der Waals surface area contributed by atoms with Gasteiger partial charge in [-0.15, -0.1) is 0 Å². The monoisotopic (exact) mass is 502 g/mol. The molecule has 1 N–H and O–H groups in total. The fraction of sp³-hybridized carbons (Fsp3) is 0.400. The van der Waals surface area contributed by atoms with E-state index in [1.807, 2.05) is 6.07 Å². The highest BCUT2D eigenvalue weighted by Crippen LogP contribution is 2.28. The summed E-state index contributed by atoms with van der Waals surface area (Å²) < 4.78 is 11.6. The van der Waals surface area contributed by atoms with Crippen LogP contribution >= 0.6 is 15.9 Å². The van der Waals surface area contributed by atoms with E-state index in [0.717, 1.165) is 17.3 Å². The highest BCUT2D eigenvalue weighted by molar-refractivity contribution is 9.10. The lowest BCUT2D eigenvalue weighted by Crippen LogP contribution is -2.16. The van der Waals surface area contributed by atoms with Crippen molar-refractivity contribution < 1.29 is 19.1 Å². The quantitative estimate of drug-likeness (QED) is 0.115. The van der Waals surface area contributed by atoms with Crippen LogP contribution in [0.2, 0.25) is 0 Å². The summed E-state index contributed by atoms with van der Waals surface area (Å²) in [6.07, 6.45) is 10.2. The first-order valence-corrected chi connectivity index (χ1v) is 11.8. The van der Waals surface area contributed by atoms with E-state index in [1.54, 1.807) is 36.4 Å². The second kappa shape index (κ2) is 14.4. The molecule has 172 valence electrons. The zero-order chi connectivity index (χ0) is 23.2. The van der Waals surface area contributed by atoms with Crippen molar-refractivity contribution in [2.45, 2.75) is 58.3 Å². The van der Waals surface area contributed by atoms with Crippen LogP contribution in [-0.4, -0.2) is 25.2 Å². The van der Waals surface area contributed by atoms with Crippen LogP contribution < -0.4 is 14.9 Å². The molecule has 0 aromatic heterocycles. The largest absolute Gasteiger partial charge is 0.493 e. The molecule has 0 spiro atoms. The smallest absolute Gasteiger partial charge is 0.343 e. The molecular formula is C25H31BrN2O4. The lowest BCUT2D eigenvalue weighted by molar-refractivity contribution is -0.121. The molecule has 6 nitrogen and oxygen atoms in total. The number of unbranched alkanes of at least 4 members (excludes halogenated alkanes) is 6. The van der Waals surface area contributed by atoms with Crippen molar-refractivity contribution in [1.29, 1.82) is 0 Å². The number of halogens is 1. The van der Waals surface area contributed by atoms with Gasteiger partial charge >= 0.3 is 5.97 Å². The number of nitrogens with one attached hydrogen (secondary N) is 1. The first-order chi connectivity index (χ1) is 15.5. The van der Waals surface area contributed by atoms with Gasteiger partial charge in [0.05, 0.1) is 18.9 Å². The van der Waals surface area contributed by atoms with Gasteiger partial charge in [0.25, 0.3) is 0 Å². The van der Waals surface area contributed by atoms with Crippen LogP contribution in [0.4, 0.5) is 0 Å². The zero-order valence-electron chi connectivity index (χ0n) is 18.7. The van der Waals surface area contributed by atoms with Gasteiger partial charge in [-0.05, 0) is 48.4 Å². The van der Waals surface area contributed by atoms with Crippen molar-refractivity contribution in [3.8, 4) is 11.5 Å². The maximum absolute atomic E-state index is 12.4. The zero-order valence-corrected chi connectivity index (χ0v) is 20.3. The molecule has 2 aromatic rings. The van der Waals surface area contributed by atoms with E-state index in [2.05, 4.69) is 33.4 Å². The summed E-state index contributed by atoms with van der Waals surface area (Å²) in [5.41, 5.74) is 3.69. The number of rotatable bonds is 13. The molecule has 7 heteroatoms. The van der Waals surface area contributed by atoms with E-state index in [-0.39, 0.29) is 5.91 Å². The summed E-state index contributed by atoms with van der Waals surface area (Å²) in [6, 6.07) is 12.0. The Hall–Kier alpha value is -2.67. The van der Waals surface area contributed by atoms with Crippen LogP contribution in [0, 0.1) is 0 Å². The highest BCUT2D eigenvalue weighted by Gasteiger charge is 2.13. The Kier molecular flexibility index (Phi) is 11.5. The van der Waals surface area contributed by atoms with Crippen molar-refractivity contribution >= 4 is 34.0 Å². The minimum absolute atomic E-state index is 0.0960. The van der Waals surface area contributed by atoms with Crippen LogP contribution in [0.1, 0.15) is 74.2 Å². The normalized spacial score (nSPS) is 10.8. The number of methoxy groups -OCH3 is 1. The third-order valence-electron chi connectivity index (χ3n) is 4.86. The van der Waals surface area contributed by atoms with Crippen LogP contribution in [-0.2, 0) is 4.79 Å². The molecule has 32 heavy (non-hydrogen) atoms. The molecule has 0 fully saturated rings. The van der Waals surface area contributed by atoms with Crippen molar-refractivity contribution in [2.75, 3.05) is 7.11 Å². The van der Waals surface area contributed by atoms with Gasteiger partial charge in [-0.2, -0.15) is 5.10 Å². The fourth-order valence-electron chi connectivity index (χ4n) is 3.10. The third kappa shape index (κ3) is 9.22. The number of esters is 1. The Labute approximate surface area is 198 Å². The van der Waals surface area contributed by atoms with E-state index in [1.165, 1.54) is 45.4 Å². The second-order valence-corrected chi connectivity index (χ2v) is 8.39. The van der Waals surface area contributed by atoms with E-state index in [4.69, 9.17) is 9.47 Å². The molecule has 0 saturated heterocycles. The number of nitrogens with zero attached hydrogens (tertiary/aromatic N) is 1. The molecule has 1 amide bonds. The molecule has 0 radical (unpaired) electrons. The molecule has 2 rings (SSSR count). The summed E-state index contributed by atoms with van der Waals surface area (Å²) in [5.74, 6) is 0.120. The van der Waals surface area contributed by atoms with E-state index in [9.17, 15) is 9.59 Å². The Morgan fingerprint density at radius 1 is 1.00 bits per heavy atom. The van der Waals surface area contributed by atoms with Gasteiger partial charge in [0.1, 0.15) is 0 Å². The van der Waals surface area contributed by atoms with Gasteiger partial charge in [-0.3, -0.25) is 4.79 Å². The summed E-state index contributed by atoms with van der Waals surface area (Å²) in [7, 11) is 1.50. The van der Waals surface area contributed by atoms with Gasteiger partial charge in [-0.1, -0.05) is 67.4 Å². The van der Waals surface area contributed by atoms with Crippen LogP contribution in [0.3, 0.4) is 0 Å². The summed E-state index contributed by atoms with van der Waals surface area (Å²) >= 11 is 3.34. The van der Waals surface area contributed by atoms with Gasteiger partial charge in [0.2, 0.25) is 5.91 Å². The molecule has 0 bridgehead atoms. The van der Waals surface area contributed by atoms with Gasteiger partial charge in [0.15, 0.2) is 11.5 Å². The summed E-state index contributed by atoms with van der Waals surface area (Å²) in [4.78, 5) is 24.3. The van der Waals surface area contributed by atoms with Crippen LogP contribution in [0.15, 0.2) is 52.0 Å². The molecule has 0 saturated carbocycles. The first kappa shape index (κ1) is 25.6. The van der Waals surface area contributed by atoms with Gasteiger partial charge < -0.3 is 9.47 Å². The Bertz CT molecular complexity index is 915. The van der Waals surface area contributed by atoms with Crippen LogP contribution in [0.5, 0.6) is 11.5 Å². The second-order valence-electron chi connectivity index (χ2n) is 7.47. The molecular weight excluding hydrogens is 472 g/mol. The number of amides is 1. The van der Waals surface area contributed by atoms with Gasteiger partial charge in [0, 0.05) is 10.9 Å². The molecule has 0 aliphatic carbocycles. The van der Waals surface area contributed by atoms with Crippen molar-refractivity contribution in [3.05, 3.63) is 58.1 Å². The SMILES string of the molecule is CCCCCCCCCC(=O)N/N=C\c1ccc(OC(=O)c2cccc(Br)c2)c(OC)c1. The number of hydrogen-bond acceptors (Lipinski definition) is 5. The summed E-state index contributed by atoms with van der Waals surface area (Å²) in [5, 5.41) is 4.01. The molecule has 0 aliphatic heterocycles. The number of hydrogen-bond donors (Lipinski definition) is 1. The fourth-order valence-corrected chi connectivity index (χ4v) is 3.50.